The molecular formula is C9H9N3. The highest BCUT2D eigenvalue weighted by atomic mass is 14.9. The first-order chi connectivity index (χ1) is 5.92. The first-order valence-corrected chi connectivity index (χ1v) is 3.96. The van der Waals surface area contributed by atoms with E-state index in [0.29, 0.717) is 0 Å². The molecule has 3 heteroatoms. The summed E-state index contributed by atoms with van der Waals surface area (Å²) in [7, 11) is 0. The monoisotopic (exact) mass is 159 g/mol. The first-order valence-electron chi connectivity index (χ1n) is 3.96. The third-order valence-corrected chi connectivity index (χ3v) is 1.81. The van der Waals surface area contributed by atoms with Crippen molar-refractivity contribution in [1.29, 1.82) is 0 Å². The van der Waals surface area contributed by atoms with E-state index < -0.39 is 0 Å². The Labute approximate surface area is 70.5 Å². The minimum Gasteiger partial charge on any atom is -0.253 e. The van der Waals surface area contributed by atoms with Gasteiger partial charge in [-0.1, -0.05) is 6.92 Å². The number of rotatable bonds is 1. The maximum absolute atomic E-state index is 4.23. The SMILES string of the molecule is CCc1ncnc2cccnc12. The van der Waals surface area contributed by atoms with E-state index in [1.54, 1.807) is 12.5 Å². The van der Waals surface area contributed by atoms with Gasteiger partial charge in [0.2, 0.25) is 0 Å². The van der Waals surface area contributed by atoms with Gasteiger partial charge in [-0.3, -0.25) is 4.98 Å². The number of nitrogens with zero attached hydrogens (tertiary/aromatic N) is 3. The molecule has 0 N–H and O–H groups in total. The lowest BCUT2D eigenvalue weighted by molar-refractivity contribution is 1.02. The molecule has 2 heterocycles. The molecule has 0 amide bonds. The molecule has 2 aromatic heterocycles. The predicted octanol–water partition coefficient (Wildman–Crippen LogP) is 1.59. The zero-order valence-corrected chi connectivity index (χ0v) is 6.86. The van der Waals surface area contributed by atoms with Gasteiger partial charge in [-0.25, -0.2) is 9.97 Å². The normalized spacial score (nSPS) is 10.4. The molecule has 0 fully saturated rings. The van der Waals surface area contributed by atoms with Gasteiger partial charge in [-0.15, -0.1) is 0 Å². The molecule has 12 heavy (non-hydrogen) atoms. The number of aromatic nitrogens is 3. The lowest BCUT2D eigenvalue weighted by atomic mass is 10.2. The van der Waals surface area contributed by atoms with Gasteiger partial charge in [-0.2, -0.15) is 0 Å². The van der Waals surface area contributed by atoms with E-state index in [1.807, 2.05) is 12.1 Å². The molecule has 2 aromatic rings. The van der Waals surface area contributed by atoms with Crippen molar-refractivity contribution in [3.8, 4) is 0 Å². The molecule has 0 saturated heterocycles. The van der Waals surface area contributed by atoms with E-state index in [1.165, 1.54) is 0 Å². The second-order valence-corrected chi connectivity index (χ2v) is 2.55. The zero-order chi connectivity index (χ0) is 8.39. The van der Waals surface area contributed by atoms with Crippen LogP contribution in [0, 0.1) is 0 Å². The minimum absolute atomic E-state index is 0.899. The Balaban J connectivity index is 2.79. The summed E-state index contributed by atoms with van der Waals surface area (Å²) in [5.41, 5.74) is 2.85. The van der Waals surface area contributed by atoms with Crippen molar-refractivity contribution in [3.05, 3.63) is 30.4 Å². The van der Waals surface area contributed by atoms with Gasteiger partial charge in [0, 0.05) is 6.20 Å². The Bertz CT molecular complexity index is 392. The van der Waals surface area contributed by atoms with Crippen molar-refractivity contribution in [2.24, 2.45) is 0 Å². The molecule has 0 atom stereocenters. The Morgan fingerprint density at radius 1 is 1.25 bits per heavy atom. The van der Waals surface area contributed by atoms with Crippen LogP contribution in [0.25, 0.3) is 11.0 Å². The Kier molecular flexibility index (Phi) is 1.70. The van der Waals surface area contributed by atoms with Gasteiger partial charge in [0.15, 0.2) is 0 Å². The largest absolute Gasteiger partial charge is 0.253 e. The van der Waals surface area contributed by atoms with Crippen LogP contribution in [0.3, 0.4) is 0 Å². The molecule has 0 radical (unpaired) electrons. The summed E-state index contributed by atoms with van der Waals surface area (Å²) in [4.78, 5) is 12.5. The molecule has 0 aromatic carbocycles. The fourth-order valence-electron chi connectivity index (χ4n) is 1.20. The van der Waals surface area contributed by atoms with Crippen molar-refractivity contribution in [3.63, 3.8) is 0 Å². The third kappa shape index (κ3) is 1.03. The average Bonchev–Trinajstić information content (AvgIpc) is 2.17. The van der Waals surface area contributed by atoms with Crippen molar-refractivity contribution in [2.45, 2.75) is 13.3 Å². The quantitative estimate of drug-likeness (QED) is 0.634. The fourth-order valence-corrected chi connectivity index (χ4v) is 1.20. The standard InChI is InChI=1S/C9H9N3/c1-2-7-9-8(12-6-11-7)4-3-5-10-9/h3-6H,2H2,1H3. The Morgan fingerprint density at radius 2 is 2.17 bits per heavy atom. The molecule has 0 unspecified atom stereocenters. The maximum Gasteiger partial charge on any atom is 0.116 e. The average molecular weight is 159 g/mol. The molecule has 0 aliphatic carbocycles. The van der Waals surface area contributed by atoms with E-state index in [0.717, 1.165) is 23.1 Å². The van der Waals surface area contributed by atoms with Crippen LogP contribution in [-0.4, -0.2) is 15.0 Å². The number of pyridine rings is 1. The third-order valence-electron chi connectivity index (χ3n) is 1.81. The van der Waals surface area contributed by atoms with Crippen molar-refractivity contribution in [1.82, 2.24) is 15.0 Å². The van der Waals surface area contributed by atoms with Crippen LogP contribution in [0.4, 0.5) is 0 Å². The zero-order valence-electron chi connectivity index (χ0n) is 6.86. The van der Waals surface area contributed by atoms with Crippen molar-refractivity contribution >= 4 is 11.0 Å². The summed E-state index contributed by atoms with van der Waals surface area (Å²) >= 11 is 0. The molecule has 0 aliphatic heterocycles. The second-order valence-electron chi connectivity index (χ2n) is 2.55. The van der Waals surface area contributed by atoms with E-state index >= 15 is 0 Å². The highest BCUT2D eigenvalue weighted by molar-refractivity contribution is 5.75. The van der Waals surface area contributed by atoms with Crippen LogP contribution < -0.4 is 0 Å². The Hall–Kier alpha value is -1.51. The van der Waals surface area contributed by atoms with Crippen LogP contribution in [-0.2, 0) is 6.42 Å². The number of fused-ring (bicyclic) bond motifs is 1. The molecule has 60 valence electrons. The molecule has 3 nitrogen and oxygen atoms in total. The van der Waals surface area contributed by atoms with Crippen LogP contribution in [0.1, 0.15) is 12.6 Å². The topological polar surface area (TPSA) is 38.7 Å². The smallest absolute Gasteiger partial charge is 0.116 e. The summed E-state index contributed by atoms with van der Waals surface area (Å²) in [5.74, 6) is 0. The molecular weight excluding hydrogens is 150 g/mol. The summed E-state index contributed by atoms with van der Waals surface area (Å²) in [6, 6.07) is 3.83. The number of aryl methyl sites for hydroxylation is 1. The maximum atomic E-state index is 4.23. The molecule has 0 aliphatic rings. The van der Waals surface area contributed by atoms with Crippen LogP contribution >= 0.6 is 0 Å². The van der Waals surface area contributed by atoms with Gasteiger partial charge in [-0.05, 0) is 18.6 Å². The van der Waals surface area contributed by atoms with E-state index in [2.05, 4.69) is 21.9 Å². The summed E-state index contributed by atoms with van der Waals surface area (Å²) in [5, 5.41) is 0. The molecule has 2 rings (SSSR count). The van der Waals surface area contributed by atoms with Gasteiger partial charge < -0.3 is 0 Å². The van der Waals surface area contributed by atoms with Gasteiger partial charge >= 0.3 is 0 Å². The molecule has 0 spiro atoms. The summed E-state index contributed by atoms with van der Waals surface area (Å²) < 4.78 is 0. The number of hydrogen-bond acceptors (Lipinski definition) is 3. The number of hydrogen-bond donors (Lipinski definition) is 0. The minimum atomic E-state index is 0.899. The van der Waals surface area contributed by atoms with Gasteiger partial charge in [0.25, 0.3) is 0 Å². The van der Waals surface area contributed by atoms with E-state index in [-0.39, 0.29) is 0 Å². The van der Waals surface area contributed by atoms with Crippen LogP contribution in [0.5, 0.6) is 0 Å². The van der Waals surface area contributed by atoms with Crippen molar-refractivity contribution < 1.29 is 0 Å². The van der Waals surface area contributed by atoms with Crippen molar-refractivity contribution in [2.75, 3.05) is 0 Å². The molecule has 0 bridgehead atoms. The van der Waals surface area contributed by atoms with E-state index in [4.69, 9.17) is 0 Å². The lowest BCUT2D eigenvalue weighted by Gasteiger charge is -1.98. The Morgan fingerprint density at radius 3 is 3.00 bits per heavy atom. The first kappa shape index (κ1) is 7.16. The summed E-state index contributed by atoms with van der Waals surface area (Å²) in [6.07, 6.45) is 4.25. The van der Waals surface area contributed by atoms with Crippen LogP contribution in [0.15, 0.2) is 24.7 Å². The molecule has 0 saturated carbocycles. The highest BCUT2D eigenvalue weighted by Crippen LogP contribution is 2.10. The second kappa shape index (κ2) is 2.85. The summed E-state index contributed by atoms with van der Waals surface area (Å²) in [6.45, 7) is 2.07. The highest BCUT2D eigenvalue weighted by Gasteiger charge is 2.00. The lowest BCUT2D eigenvalue weighted by Crippen LogP contribution is -1.92. The van der Waals surface area contributed by atoms with E-state index in [9.17, 15) is 0 Å². The van der Waals surface area contributed by atoms with Gasteiger partial charge in [0.1, 0.15) is 11.8 Å². The van der Waals surface area contributed by atoms with Crippen LogP contribution in [0.2, 0.25) is 0 Å². The fraction of sp³-hybridized carbons (Fsp3) is 0.222. The van der Waals surface area contributed by atoms with Gasteiger partial charge in [0.05, 0.1) is 11.2 Å². The predicted molar refractivity (Wildman–Crippen MR) is 46.7 cm³/mol.